The van der Waals surface area contributed by atoms with Crippen LogP contribution in [-0.4, -0.2) is 11.2 Å². The van der Waals surface area contributed by atoms with E-state index in [4.69, 9.17) is 0 Å². The Balaban J connectivity index is 0.000000771. The predicted octanol–water partition coefficient (Wildman–Crippen LogP) is 5.08. The molecule has 2 rings (SSSR count). The van der Waals surface area contributed by atoms with Crippen molar-refractivity contribution in [2.24, 2.45) is 10.9 Å². The molecule has 1 aromatic rings. The maximum Gasteiger partial charge on any atom is 0.0953 e. The molecule has 96 valence electrons. The van der Waals surface area contributed by atoms with Gasteiger partial charge in [-0.25, -0.2) is 0 Å². The third-order valence-electron chi connectivity index (χ3n) is 2.66. The highest BCUT2D eigenvalue weighted by atomic mass is 14.8. The second-order valence-corrected chi connectivity index (χ2v) is 3.88. The van der Waals surface area contributed by atoms with Crippen LogP contribution in [0.25, 0.3) is 18.2 Å². The summed E-state index contributed by atoms with van der Waals surface area (Å²) in [6, 6.07) is 0. The summed E-state index contributed by atoms with van der Waals surface area (Å²) >= 11 is 0. The first-order chi connectivity index (χ1) is 8.76. The Kier molecular flexibility index (Phi) is 5.37. The van der Waals surface area contributed by atoms with E-state index in [0.717, 1.165) is 22.6 Å². The zero-order valence-corrected chi connectivity index (χ0v) is 11.7. The van der Waals surface area contributed by atoms with Gasteiger partial charge in [0.2, 0.25) is 0 Å². The number of aromatic nitrogens is 1. The quantitative estimate of drug-likeness (QED) is 0.700. The van der Waals surface area contributed by atoms with Gasteiger partial charge >= 0.3 is 0 Å². The smallest absolute Gasteiger partial charge is 0.0953 e. The third kappa shape index (κ3) is 2.89. The first-order valence-corrected chi connectivity index (χ1v) is 6.49. The SMILES string of the molecule is C=Cc1[nH]c2c(c1N=CC)C=CC(C)C=C2.CC. The van der Waals surface area contributed by atoms with E-state index in [2.05, 4.69) is 47.8 Å². The van der Waals surface area contributed by atoms with Crippen LogP contribution in [0.3, 0.4) is 0 Å². The van der Waals surface area contributed by atoms with E-state index in [1.54, 1.807) is 0 Å². The maximum absolute atomic E-state index is 4.40. The topological polar surface area (TPSA) is 28.1 Å². The standard InChI is InChI=1S/C14H16N2.C2H6/c1-4-12-14(15-5-2)11-8-6-10(3)7-9-13(11)16-12;1-2/h4-10,16H,1H2,2-3H3;1-2H3. The lowest BCUT2D eigenvalue weighted by Gasteiger charge is -1.95. The van der Waals surface area contributed by atoms with Gasteiger partial charge in [-0.15, -0.1) is 0 Å². The molecule has 1 N–H and O–H groups in total. The van der Waals surface area contributed by atoms with Crippen LogP contribution in [-0.2, 0) is 0 Å². The Hall–Kier alpha value is -1.83. The van der Waals surface area contributed by atoms with Gasteiger partial charge in [0, 0.05) is 17.5 Å². The van der Waals surface area contributed by atoms with Crippen molar-refractivity contribution >= 4 is 30.1 Å². The fourth-order valence-electron chi connectivity index (χ4n) is 1.82. The molecule has 0 radical (unpaired) electrons. The monoisotopic (exact) mass is 242 g/mol. The van der Waals surface area contributed by atoms with Gasteiger partial charge in [-0.3, -0.25) is 4.99 Å². The number of H-pyrrole nitrogens is 1. The zero-order chi connectivity index (χ0) is 13.5. The molecule has 1 aliphatic carbocycles. The molecular weight excluding hydrogens is 220 g/mol. The molecule has 0 aromatic carbocycles. The molecular formula is C16H22N2. The third-order valence-corrected chi connectivity index (χ3v) is 2.66. The Morgan fingerprint density at radius 1 is 1.28 bits per heavy atom. The van der Waals surface area contributed by atoms with Gasteiger partial charge in [0.15, 0.2) is 0 Å². The van der Waals surface area contributed by atoms with E-state index in [1.807, 2.05) is 33.1 Å². The molecule has 2 nitrogen and oxygen atoms in total. The Morgan fingerprint density at radius 2 is 1.94 bits per heavy atom. The number of allylic oxidation sites excluding steroid dienone is 2. The lowest BCUT2D eigenvalue weighted by Crippen LogP contribution is -1.79. The largest absolute Gasteiger partial charge is 0.353 e. The summed E-state index contributed by atoms with van der Waals surface area (Å²) in [4.78, 5) is 7.73. The van der Waals surface area contributed by atoms with Gasteiger partial charge in [0.25, 0.3) is 0 Å². The molecule has 1 aromatic heterocycles. The van der Waals surface area contributed by atoms with Crippen LogP contribution in [0.5, 0.6) is 0 Å². The van der Waals surface area contributed by atoms with Gasteiger partial charge in [0.1, 0.15) is 0 Å². The first kappa shape index (κ1) is 14.2. The second-order valence-electron chi connectivity index (χ2n) is 3.88. The van der Waals surface area contributed by atoms with Crippen molar-refractivity contribution in [2.45, 2.75) is 27.7 Å². The van der Waals surface area contributed by atoms with E-state index in [0.29, 0.717) is 5.92 Å². The Labute approximate surface area is 110 Å². The molecule has 18 heavy (non-hydrogen) atoms. The fourth-order valence-corrected chi connectivity index (χ4v) is 1.82. The Morgan fingerprint density at radius 3 is 2.56 bits per heavy atom. The molecule has 0 aliphatic heterocycles. The molecule has 0 saturated heterocycles. The molecule has 1 atom stereocenters. The normalized spacial score (nSPS) is 17.0. The summed E-state index contributed by atoms with van der Waals surface area (Å²) in [5, 5.41) is 0. The summed E-state index contributed by atoms with van der Waals surface area (Å²) in [6.07, 6.45) is 12.2. The minimum atomic E-state index is 0.464. The molecule has 0 spiro atoms. The number of aliphatic imine (C=N–C) groups is 1. The number of nitrogens with zero attached hydrogens (tertiary/aromatic N) is 1. The van der Waals surface area contributed by atoms with Gasteiger partial charge in [-0.1, -0.05) is 45.6 Å². The van der Waals surface area contributed by atoms with Crippen molar-refractivity contribution in [2.75, 3.05) is 0 Å². The van der Waals surface area contributed by atoms with Crippen molar-refractivity contribution in [1.82, 2.24) is 4.98 Å². The average molecular weight is 242 g/mol. The van der Waals surface area contributed by atoms with Gasteiger partial charge < -0.3 is 4.98 Å². The lowest BCUT2D eigenvalue weighted by atomic mass is 10.1. The summed E-state index contributed by atoms with van der Waals surface area (Å²) < 4.78 is 0. The first-order valence-electron chi connectivity index (χ1n) is 6.49. The maximum atomic E-state index is 4.40. The minimum absolute atomic E-state index is 0.464. The molecule has 0 saturated carbocycles. The lowest BCUT2D eigenvalue weighted by molar-refractivity contribution is 0.953. The molecule has 1 unspecified atom stereocenters. The number of nitrogens with one attached hydrogen (secondary N) is 1. The Bertz CT molecular complexity index is 487. The summed E-state index contributed by atoms with van der Waals surface area (Å²) in [5.41, 5.74) is 4.21. The van der Waals surface area contributed by atoms with Crippen molar-refractivity contribution in [1.29, 1.82) is 0 Å². The van der Waals surface area contributed by atoms with E-state index >= 15 is 0 Å². The minimum Gasteiger partial charge on any atom is -0.353 e. The van der Waals surface area contributed by atoms with Crippen molar-refractivity contribution in [3.8, 4) is 0 Å². The van der Waals surface area contributed by atoms with Crippen LogP contribution in [0, 0.1) is 5.92 Å². The molecule has 1 heterocycles. The molecule has 2 heteroatoms. The van der Waals surface area contributed by atoms with Crippen LogP contribution < -0.4 is 0 Å². The molecule has 0 fully saturated rings. The van der Waals surface area contributed by atoms with E-state index in [1.165, 1.54) is 0 Å². The molecule has 0 amide bonds. The molecule has 1 aliphatic rings. The number of fused-ring (bicyclic) bond motifs is 1. The summed E-state index contributed by atoms with van der Waals surface area (Å²) in [5.74, 6) is 0.464. The van der Waals surface area contributed by atoms with Crippen LogP contribution in [0.15, 0.2) is 23.7 Å². The van der Waals surface area contributed by atoms with Crippen LogP contribution in [0.2, 0.25) is 0 Å². The number of rotatable bonds is 2. The fraction of sp³-hybridized carbons (Fsp3) is 0.312. The highest BCUT2D eigenvalue weighted by Crippen LogP contribution is 2.32. The van der Waals surface area contributed by atoms with E-state index in [-0.39, 0.29) is 0 Å². The molecule has 0 bridgehead atoms. The zero-order valence-electron chi connectivity index (χ0n) is 11.7. The predicted molar refractivity (Wildman–Crippen MR) is 83.3 cm³/mol. The number of hydrogen-bond acceptors (Lipinski definition) is 1. The van der Waals surface area contributed by atoms with Gasteiger partial charge in [-0.2, -0.15) is 0 Å². The van der Waals surface area contributed by atoms with Crippen molar-refractivity contribution < 1.29 is 0 Å². The second kappa shape index (κ2) is 6.80. The van der Waals surface area contributed by atoms with E-state index in [9.17, 15) is 0 Å². The highest BCUT2D eigenvalue weighted by molar-refractivity contribution is 5.82. The van der Waals surface area contributed by atoms with Crippen molar-refractivity contribution in [3.05, 3.63) is 35.7 Å². The van der Waals surface area contributed by atoms with Crippen LogP contribution in [0.4, 0.5) is 5.69 Å². The van der Waals surface area contributed by atoms with Gasteiger partial charge in [0.05, 0.1) is 11.4 Å². The number of hydrogen-bond donors (Lipinski definition) is 1. The van der Waals surface area contributed by atoms with Crippen LogP contribution >= 0.6 is 0 Å². The van der Waals surface area contributed by atoms with Gasteiger partial charge in [-0.05, 0) is 25.0 Å². The average Bonchev–Trinajstić information content (AvgIpc) is 2.63. The van der Waals surface area contributed by atoms with Crippen LogP contribution in [0.1, 0.15) is 44.6 Å². The highest BCUT2D eigenvalue weighted by Gasteiger charge is 2.12. The van der Waals surface area contributed by atoms with E-state index < -0.39 is 0 Å². The van der Waals surface area contributed by atoms with Crippen molar-refractivity contribution in [3.63, 3.8) is 0 Å². The number of aromatic amines is 1. The summed E-state index contributed by atoms with van der Waals surface area (Å²) in [6.45, 7) is 11.9. The summed E-state index contributed by atoms with van der Waals surface area (Å²) in [7, 11) is 0.